The number of carbonyl (C=O) groups excluding carboxylic acids is 1. The molecule has 0 atom stereocenters. The molecule has 0 spiro atoms. The van der Waals surface area contributed by atoms with Crippen LogP contribution in [-0.2, 0) is 4.79 Å². The number of nitrogens with zero attached hydrogens (tertiary/aromatic N) is 3. The maximum absolute atomic E-state index is 13.8. The van der Waals surface area contributed by atoms with E-state index in [-0.39, 0.29) is 17.9 Å². The molecule has 2 rings (SSSR count). The van der Waals surface area contributed by atoms with E-state index >= 15 is 0 Å². The smallest absolute Gasteiger partial charge is 0.317 e. The van der Waals surface area contributed by atoms with E-state index < -0.39 is 11.8 Å². The van der Waals surface area contributed by atoms with E-state index in [1.165, 1.54) is 6.20 Å². The van der Waals surface area contributed by atoms with Crippen molar-refractivity contribution in [3.63, 3.8) is 0 Å². The fourth-order valence-electron chi connectivity index (χ4n) is 2.05. The number of halogens is 1. The lowest BCUT2D eigenvalue weighted by Gasteiger charge is -2.34. The van der Waals surface area contributed by atoms with Gasteiger partial charge in [-0.2, -0.15) is 0 Å². The molecule has 0 saturated carbocycles. The Morgan fingerprint density at radius 1 is 1.42 bits per heavy atom. The van der Waals surface area contributed by atoms with Crippen LogP contribution in [0.1, 0.15) is 10.4 Å². The normalized spacial score (nSPS) is 16.4. The highest BCUT2D eigenvalue weighted by Gasteiger charge is 2.21. The van der Waals surface area contributed by atoms with Crippen molar-refractivity contribution in [1.82, 2.24) is 9.88 Å². The summed E-state index contributed by atoms with van der Waals surface area (Å²) in [7, 11) is 0. The minimum absolute atomic E-state index is 0.00612. The minimum Gasteiger partial charge on any atom is -0.480 e. The summed E-state index contributed by atoms with van der Waals surface area (Å²) in [6.07, 6.45) is 1.87. The highest BCUT2D eigenvalue weighted by atomic mass is 19.1. The summed E-state index contributed by atoms with van der Waals surface area (Å²) in [5.41, 5.74) is 0.200. The van der Waals surface area contributed by atoms with Gasteiger partial charge in [-0.3, -0.25) is 14.5 Å². The van der Waals surface area contributed by atoms with Crippen molar-refractivity contribution in [2.75, 3.05) is 37.6 Å². The van der Waals surface area contributed by atoms with Gasteiger partial charge in [0.15, 0.2) is 17.9 Å². The molecule has 1 N–H and O–H groups in total. The molecule has 1 aliphatic heterocycles. The molecular weight excluding hydrogens is 253 g/mol. The first-order valence-corrected chi connectivity index (χ1v) is 5.90. The van der Waals surface area contributed by atoms with Gasteiger partial charge in [0.25, 0.3) is 0 Å². The zero-order valence-electron chi connectivity index (χ0n) is 10.3. The Morgan fingerprint density at radius 3 is 2.63 bits per heavy atom. The van der Waals surface area contributed by atoms with Crippen LogP contribution in [0.15, 0.2) is 12.3 Å². The highest BCUT2D eigenvalue weighted by Crippen LogP contribution is 2.18. The first kappa shape index (κ1) is 13.4. The highest BCUT2D eigenvalue weighted by molar-refractivity contribution is 5.74. The standard InChI is InChI=1S/C12H14FN3O3/c13-10-5-9(8-17)6-14-12(10)16-3-1-15(2-4-16)7-11(18)19/h5-6,8H,1-4,7H2,(H,18,19). The summed E-state index contributed by atoms with van der Waals surface area (Å²) in [6.45, 7) is 2.11. The quantitative estimate of drug-likeness (QED) is 0.788. The fraction of sp³-hybridized carbons (Fsp3) is 0.417. The summed E-state index contributed by atoms with van der Waals surface area (Å²) < 4.78 is 13.8. The van der Waals surface area contributed by atoms with Crippen LogP contribution < -0.4 is 4.90 Å². The van der Waals surface area contributed by atoms with Crippen molar-refractivity contribution >= 4 is 18.1 Å². The van der Waals surface area contributed by atoms with Crippen molar-refractivity contribution in [2.24, 2.45) is 0 Å². The van der Waals surface area contributed by atoms with Gasteiger partial charge < -0.3 is 10.0 Å². The molecule has 7 heteroatoms. The van der Waals surface area contributed by atoms with Crippen LogP contribution in [0.5, 0.6) is 0 Å². The van der Waals surface area contributed by atoms with Crippen LogP contribution in [0.3, 0.4) is 0 Å². The van der Waals surface area contributed by atoms with Crippen molar-refractivity contribution < 1.29 is 19.1 Å². The van der Waals surface area contributed by atoms with Crippen molar-refractivity contribution in [2.45, 2.75) is 0 Å². The predicted octanol–water partition coefficient (Wildman–Crippen LogP) is 0.240. The zero-order chi connectivity index (χ0) is 13.8. The minimum atomic E-state index is -0.868. The largest absolute Gasteiger partial charge is 0.480 e. The van der Waals surface area contributed by atoms with Crippen molar-refractivity contribution in [3.05, 3.63) is 23.6 Å². The van der Waals surface area contributed by atoms with E-state index in [1.54, 1.807) is 9.80 Å². The van der Waals surface area contributed by atoms with Crippen molar-refractivity contribution in [1.29, 1.82) is 0 Å². The second-order valence-corrected chi connectivity index (χ2v) is 4.35. The van der Waals surface area contributed by atoms with Crippen LogP contribution in [0, 0.1) is 5.82 Å². The zero-order valence-corrected chi connectivity index (χ0v) is 10.3. The summed E-state index contributed by atoms with van der Waals surface area (Å²) >= 11 is 0. The lowest BCUT2D eigenvalue weighted by molar-refractivity contribution is -0.138. The molecule has 1 aliphatic rings. The number of piperazine rings is 1. The molecule has 0 unspecified atom stereocenters. The van der Waals surface area contributed by atoms with Crippen LogP contribution in [-0.4, -0.2) is 60.0 Å². The van der Waals surface area contributed by atoms with Crippen LogP contribution in [0.4, 0.5) is 10.2 Å². The van der Waals surface area contributed by atoms with Gasteiger partial charge in [0.2, 0.25) is 0 Å². The molecule has 6 nitrogen and oxygen atoms in total. The maximum atomic E-state index is 13.8. The first-order valence-electron chi connectivity index (χ1n) is 5.90. The Bertz CT molecular complexity index is 487. The molecule has 0 amide bonds. The Labute approximate surface area is 109 Å². The third-order valence-electron chi connectivity index (χ3n) is 3.01. The Hall–Kier alpha value is -2.02. The van der Waals surface area contributed by atoms with E-state index in [4.69, 9.17) is 5.11 Å². The lowest BCUT2D eigenvalue weighted by atomic mass is 10.2. The maximum Gasteiger partial charge on any atom is 0.317 e. The summed E-state index contributed by atoms with van der Waals surface area (Å²) in [4.78, 5) is 28.6. The molecule has 0 radical (unpaired) electrons. The molecule has 102 valence electrons. The third kappa shape index (κ3) is 3.25. The number of pyridine rings is 1. The van der Waals surface area contributed by atoms with Gasteiger partial charge in [-0.1, -0.05) is 0 Å². The van der Waals surface area contributed by atoms with E-state index in [9.17, 15) is 14.0 Å². The number of anilines is 1. The average molecular weight is 267 g/mol. The molecule has 1 aromatic rings. The molecule has 0 bridgehead atoms. The first-order chi connectivity index (χ1) is 9.10. The Kier molecular flexibility index (Phi) is 4.06. The van der Waals surface area contributed by atoms with Crippen molar-refractivity contribution in [3.8, 4) is 0 Å². The predicted molar refractivity (Wildman–Crippen MR) is 65.9 cm³/mol. The number of aliphatic carboxylic acids is 1. The fourth-order valence-corrected chi connectivity index (χ4v) is 2.05. The van der Waals surface area contributed by atoms with Gasteiger partial charge >= 0.3 is 5.97 Å². The lowest BCUT2D eigenvalue weighted by Crippen LogP contribution is -2.48. The third-order valence-corrected chi connectivity index (χ3v) is 3.01. The number of aldehydes is 1. The average Bonchev–Trinajstić information content (AvgIpc) is 2.39. The molecule has 0 aromatic carbocycles. The van der Waals surface area contributed by atoms with Gasteiger partial charge in [-0.05, 0) is 6.07 Å². The van der Waals surface area contributed by atoms with Gasteiger partial charge in [0, 0.05) is 37.9 Å². The van der Waals surface area contributed by atoms with Gasteiger partial charge in [-0.25, -0.2) is 9.37 Å². The van der Waals surface area contributed by atoms with Gasteiger partial charge in [0.05, 0.1) is 6.54 Å². The molecule has 1 aromatic heterocycles. The van der Waals surface area contributed by atoms with E-state index in [0.717, 1.165) is 6.07 Å². The van der Waals surface area contributed by atoms with Gasteiger partial charge in [0.1, 0.15) is 0 Å². The summed E-state index contributed by atoms with van der Waals surface area (Å²) in [6, 6.07) is 1.15. The number of carbonyl (C=O) groups is 2. The Balaban J connectivity index is 2.01. The number of hydrogen-bond acceptors (Lipinski definition) is 5. The van der Waals surface area contributed by atoms with Crippen LogP contribution in [0.25, 0.3) is 0 Å². The molecule has 0 aliphatic carbocycles. The molecule has 19 heavy (non-hydrogen) atoms. The second-order valence-electron chi connectivity index (χ2n) is 4.35. The number of hydrogen-bond donors (Lipinski definition) is 1. The van der Waals surface area contributed by atoms with E-state index in [1.807, 2.05) is 0 Å². The van der Waals surface area contributed by atoms with Gasteiger partial charge in [-0.15, -0.1) is 0 Å². The number of carboxylic acid groups (broad SMARTS) is 1. The van der Waals surface area contributed by atoms with E-state index in [0.29, 0.717) is 32.5 Å². The number of aromatic nitrogens is 1. The topological polar surface area (TPSA) is 73.7 Å². The van der Waals surface area contributed by atoms with E-state index in [2.05, 4.69) is 4.98 Å². The summed E-state index contributed by atoms with van der Waals surface area (Å²) in [5.74, 6) is -1.19. The Morgan fingerprint density at radius 2 is 2.11 bits per heavy atom. The second kappa shape index (κ2) is 5.75. The number of rotatable bonds is 4. The molecule has 1 saturated heterocycles. The SMILES string of the molecule is O=Cc1cnc(N2CCN(CC(=O)O)CC2)c(F)c1. The van der Waals surface area contributed by atoms with Crippen LogP contribution in [0.2, 0.25) is 0 Å². The monoisotopic (exact) mass is 267 g/mol. The number of carboxylic acids is 1. The summed E-state index contributed by atoms with van der Waals surface area (Å²) in [5, 5.41) is 8.69. The van der Waals surface area contributed by atoms with Crippen LogP contribution >= 0.6 is 0 Å². The molecular formula is C12H14FN3O3. The molecule has 2 heterocycles. The molecule has 1 fully saturated rings.